The van der Waals surface area contributed by atoms with E-state index >= 15 is 4.39 Å². The molecule has 3 saturated carbocycles. The van der Waals surface area contributed by atoms with Gasteiger partial charge in [-0.25, -0.2) is 4.39 Å². The van der Waals surface area contributed by atoms with Crippen molar-refractivity contribution < 1.29 is 67.6 Å². The van der Waals surface area contributed by atoms with Crippen molar-refractivity contribution in [1.29, 1.82) is 0 Å². The number of alkyl halides is 1. The predicted octanol–water partition coefficient (Wildman–Crippen LogP) is 1.64. The first-order chi connectivity index (χ1) is 23.6. The third kappa shape index (κ3) is 6.24. The fourth-order valence-corrected chi connectivity index (χ4v) is 9.64. The van der Waals surface area contributed by atoms with Crippen molar-refractivity contribution in [2.45, 2.75) is 101 Å². The maximum atomic E-state index is 17.2. The van der Waals surface area contributed by atoms with Gasteiger partial charge in [-0.2, -0.15) is 0 Å². The van der Waals surface area contributed by atoms with Gasteiger partial charge in [0.25, 0.3) is 5.09 Å². The Kier molecular flexibility index (Phi) is 9.92. The van der Waals surface area contributed by atoms with Crippen LogP contribution in [0.1, 0.15) is 58.8 Å². The molecule has 0 aromatic rings. The van der Waals surface area contributed by atoms with E-state index in [1.54, 1.807) is 13.8 Å². The lowest BCUT2D eigenvalue weighted by molar-refractivity contribution is -0.754. The zero-order valence-corrected chi connectivity index (χ0v) is 27.5. The van der Waals surface area contributed by atoms with Gasteiger partial charge in [-0.15, -0.1) is 15.5 Å². The summed E-state index contributed by atoms with van der Waals surface area (Å²) in [7, 11) is 0. The molecule has 5 fully saturated rings. The number of allylic oxidation sites excluding steroid dienone is 4. The molecule has 2 saturated heterocycles. The van der Waals surface area contributed by atoms with Crippen molar-refractivity contribution in [3.8, 4) is 0 Å². The zero-order valence-electron chi connectivity index (χ0n) is 27.5. The maximum Gasteiger partial charge on any atom is 0.306 e. The number of fused-ring (bicyclic) bond motifs is 4. The van der Waals surface area contributed by atoms with Crippen molar-refractivity contribution >= 4 is 23.5 Å². The molecule has 0 aromatic heterocycles. The van der Waals surface area contributed by atoms with Crippen LogP contribution >= 0.6 is 0 Å². The number of nitrogens with zero attached hydrogens (tertiary/aromatic N) is 2. The van der Waals surface area contributed by atoms with Gasteiger partial charge in [-0.05, 0) is 62.0 Å². The summed E-state index contributed by atoms with van der Waals surface area (Å²) in [4.78, 5) is 71.8. The average Bonchev–Trinajstić information content (AvgIpc) is 3.70. The van der Waals surface area contributed by atoms with Crippen LogP contribution in [0.15, 0.2) is 23.8 Å². The molecule has 50 heavy (non-hydrogen) atoms. The normalized spacial score (nSPS) is 41.7. The van der Waals surface area contributed by atoms with Gasteiger partial charge < -0.3 is 39.3 Å². The number of rotatable bonds is 11. The SMILES string of the molecule is C[C@H]1C[C@H]2C3CCC4=CC(=O)C=C[C@@]4(C3)[C@H](F)[C@@H](OC(=O)CCC(=O)O[C@H]3CO[C@H]4[C@@H]3OC[C@H]4ON([O-])O)C[C@]2(C)[C@@]1(O)C(=O)CO[N+](=O)[O-]. The minimum absolute atomic E-state index is 0.0945. The summed E-state index contributed by atoms with van der Waals surface area (Å²) in [6, 6.07) is 0. The van der Waals surface area contributed by atoms with Gasteiger partial charge in [0.15, 0.2) is 24.3 Å². The van der Waals surface area contributed by atoms with Gasteiger partial charge in [0, 0.05) is 10.8 Å². The fraction of sp³-hybridized carbons (Fsp3) is 0.750. The summed E-state index contributed by atoms with van der Waals surface area (Å²) in [5.74, 6) is -4.29. The van der Waals surface area contributed by atoms with Crippen molar-refractivity contribution in [2.75, 3.05) is 19.8 Å². The number of esters is 2. The Bertz CT molecular complexity index is 1470. The van der Waals surface area contributed by atoms with E-state index in [4.69, 9.17) is 24.2 Å². The number of hydrogen-bond acceptors (Lipinski definition) is 16. The molecule has 17 nitrogen and oxygen atoms in total. The number of Topliss-reactive ketones (excluding diaryl/α,β-unsaturated/α-hetero) is 1. The second-order valence-electron chi connectivity index (χ2n) is 14.4. The van der Waals surface area contributed by atoms with Crippen LogP contribution < -0.4 is 0 Å². The van der Waals surface area contributed by atoms with Crippen LogP contribution in [-0.4, -0.2) is 106 Å². The van der Waals surface area contributed by atoms with E-state index < -0.39 is 107 Å². The van der Waals surface area contributed by atoms with Crippen LogP contribution in [0.5, 0.6) is 0 Å². The molecule has 0 aromatic carbocycles. The number of carbonyl (C=O) groups excluding carboxylic acids is 4. The Labute approximate surface area is 285 Å². The first kappa shape index (κ1) is 36.4. The molecule has 1 unspecified atom stereocenters. The highest BCUT2D eigenvalue weighted by molar-refractivity contribution is 6.01. The highest BCUT2D eigenvalue weighted by Gasteiger charge is 2.69. The number of ketones is 2. The Morgan fingerprint density at radius 1 is 1.10 bits per heavy atom. The van der Waals surface area contributed by atoms with E-state index in [2.05, 4.69) is 9.68 Å². The summed E-state index contributed by atoms with van der Waals surface area (Å²) >= 11 is 0. The van der Waals surface area contributed by atoms with Gasteiger partial charge in [0.2, 0.25) is 0 Å². The molecule has 18 heteroatoms. The number of aliphatic hydroxyl groups is 1. The van der Waals surface area contributed by atoms with Gasteiger partial charge in [-0.1, -0.05) is 25.5 Å². The topological polar surface area (TPSA) is 234 Å². The standard InChI is InChI=1S/C32H40FN2O15/c1-16-9-20-17-3-4-18-10-19(36)7-8-31(18,11-17)29(33)21(12-30(20,2)32(16,40)24(37)15-47-34(41)42)48-25(38)5-6-26(39)49-22-13-45-28-23(50-35(43)44)14-46-27(22)28/h7-8,10,16-17,20-23,27-29,40,43H,3-6,9,11-15H2,1-2H3/q-1/t16-,17?,20-,21-,22-,23+,27+,28+,29+,30-,31-,32-/m0/s1. The van der Waals surface area contributed by atoms with Crippen LogP contribution in [0, 0.1) is 43.9 Å². The van der Waals surface area contributed by atoms with E-state index in [0.717, 1.165) is 0 Å². The van der Waals surface area contributed by atoms with Crippen molar-refractivity contribution in [3.05, 3.63) is 39.1 Å². The van der Waals surface area contributed by atoms with Crippen molar-refractivity contribution in [1.82, 2.24) is 5.39 Å². The minimum Gasteiger partial charge on any atom is -0.738 e. The largest absolute Gasteiger partial charge is 0.738 e. The second kappa shape index (κ2) is 13.6. The molecule has 276 valence electrons. The lowest BCUT2D eigenvalue weighted by Gasteiger charge is -2.55. The molecule has 2 aliphatic heterocycles. The van der Waals surface area contributed by atoms with Crippen LogP contribution in [-0.2, 0) is 47.8 Å². The molecule has 12 atom stereocenters. The molecule has 4 aliphatic carbocycles. The highest BCUT2D eigenvalue weighted by atomic mass is 19.1. The molecule has 2 N–H and O–H groups in total. The first-order valence-electron chi connectivity index (χ1n) is 16.7. The van der Waals surface area contributed by atoms with Crippen LogP contribution in [0.2, 0.25) is 0 Å². The Balaban J connectivity index is 1.19. The molecular formula is C32H40FN2O15-. The van der Waals surface area contributed by atoms with Gasteiger partial charge in [0.1, 0.15) is 36.2 Å². The summed E-state index contributed by atoms with van der Waals surface area (Å²) in [6.45, 7) is 2.05. The van der Waals surface area contributed by atoms with E-state index in [1.165, 1.54) is 18.2 Å². The molecular weight excluding hydrogens is 671 g/mol. The van der Waals surface area contributed by atoms with E-state index in [1.807, 2.05) is 0 Å². The van der Waals surface area contributed by atoms with Crippen LogP contribution in [0.3, 0.4) is 0 Å². The molecule has 0 radical (unpaired) electrons. The molecule has 1 spiro atoms. The predicted molar refractivity (Wildman–Crippen MR) is 160 cm³/mol. The van der Waals surface area contributed by atoms with Gasteiger partial charge in [0.05, 0.1) is 26.1 Å². The third-order valence-corrected chi connectivity index (χ3v) is 11.9. The average molecular weight is 712 g/mol. The number of hydrogen-bond donors (Lipinski definition) is 2. The zero-order chi connectivity index (χ0) is 36.2. The van der Waals surface area contributed by atoms with E-state index in [9.17, 15) is 39.6 Å². The molecule has 6 aliphatic rings. The van der Waals surface area contributed by atoms with Gasteiger partial charge in [-0.3, -0.25) is 24.0 Å². The fourth-order valence-electron chi connectivity index (χ4n) is 9.64. The minimum atomic E-state index is -2.18. The monoisotopic (exact) mass is 711 g/mol. The lowest BCUT2D eigenvalue weighted by Crippen LogP contribution is -2.61. The third-order valence-electron chi connectivity index (χ3n) is 11.9. The van der Waals surface area contributed by atoms with Crippen LogP contribution in [0.4, 0.5) is 4.39 Å². The smallest absolute Gasteiger partial charge is 0.306 e. The number of halogens is 1. The maximum absolute atomic E-state index is 17.2. The van der Waals surface area contributed by atoms with E-state index in [-0.39, 0.29) is 43.7 Å². The Morgan fingerprint density at radius 3 is 2.40 bits per heavy atom. The highest BCUT2D eigenvalue weighted by Crippen LogP contribution is 2.66. The molecule has 0 amide bonds. The van der Waals surface area contributed by atoms with Crippen molar-refractivity contribution in [2.24, 2.45) is 28.6 Å². The molecule has 2 heterocycles. The van der Waals surface area contributed by atoms with Gasteiger partial charge >= 0.3 is 11.9 Å². The van der Waals surface area contributed by atoms with E-state index in [0.29, 0.717) is 24.8 Å². The Morgan fingerprint density at radius 2 is 1.74 bits per heavy atom. The molecule has 6 rings (SSSR count). The first-order valence-corrected chi connectivity index (χ1v) is 16.7. The van der Waals surface area contributed by atoms with Crippen molar-refractivity contribution in [3.63, 3.8) is 0 Å². The molecule has 2 bridgehead atoms. The number of carbonyl (C=O) groups is 4. The summed E-state index contributed by atoms with van der Waals surface area (Å²) in [6.07, 6.45) is -2.46. The van der Waals surface area contributed by atoms with Crippen LogP contribution in [0.25, 0.3) is 0 Å². The lowest BCUT2D eigenvalue weighted by atomic mass is 9.51. The Hall–Kier alpha value is -3.39. The second-order valence-corrected chi connectivity index (χ2v) is 14.4. The summed E-state index contributed by atoms with van der Waals surface area (Å²) in [5.41, 5.74) is -4.30. The quantitative estimate of drug-likeness (QED) is 0.176. The summed E-state index contributed by atoms with van der Waals surface area (Å²) < 4.78 is 39.4. The summed E-state index contributed by atoms with van der Waals surface area (Å²) in [5, 5.41) is 40.9. The number of ether oxygens (including phenoxy) is 4.